The molecule has 0 aromatic carbocycles. The lowest BCUT2D eigenvalue weighted by atomic mass is 9.88. The normalized spacial score (nSPS) is 19.7. The van der Waals surface area contributed by atoms with Gasteiger partial charge in [-0.25, -0.2) is 0 Å². The van der Waals surface area contributed by atoms with Gasteiger partial charge in [-0.15, -0.1) is 0 Å². The molecule has 0 aromatic rings. The number of Topliss-reactive ketones (excluding diaryl/α,β-unsaturated/α-hetero) is 1. The van der Waals surface area contributed by atoms with Crippen LogP contribution in [0.1, 0.15) is 12.8 Å². The molecule has 18 heavy (non-hydrogen) atoms. The highest BCUT2D eigenvalue weighted by Crippen LogP contribution is 2.24. The van der Waals surface area contributed by atoms with Crippen LogP contribution in [0.4, 0.5) is 0 Å². The van der Waals surface area contributed by atoms with E-state index < -0.39 is 0 Å². The molecule has 0 bridgehead atoms. The van der Waals surface area contributed by atoms with Crippen LogP contribution in [-0.4, -0.2) is 51.3 Å². The second kappa shape index (κ2) is 6.35. The highest BCUT2D eigenvalue weighted by atomic mass is 16.5. The standard InChI is InChI=1S/C13H21N3O2/c1-15-11(8-18-4)12-10(14)6-5-9(13(12)17)7-16(2)3/h7H,5-6,8,14H2,1-4H3/b9-7+,15-11?. The average Bonchev–Trinajstić information content (AvgIpc) is 2.31. The Morgan fingerprint density at radius 3 is 2.67 bits per heavy atom. The summed E-state index contributed by atoms with van der Waals surface area (Å²) < 4.78 is 5.06. The molecule has 0 atom stereocenters. The Bertz CT molecular complexity index is 420. The summed E-state index contributed by atoms with van der Waals surface area (Å²) in [5.41, 5.74) is 8.45. The molecule has 0 saturated heterocycles. The SMILES string of the molecule is CN=C(COC)C1=C(N)CC/C(=C\N(C)C)C1=O. The van der Waals surface area contributed by atoms with E-state index in [0.717, 1.165) is 5.57 Å². The van der Waals surface area contributed by atoms with Crippen LogP contribution in [0.5, 0.6) is 0 Å². The molecule has 0 saturated carbocycles. The highest BCUT2D eigenvalue weighted by molar-refractivity contribution is 6.29. The number of hydrogen-bond acceptors (Lipinski definition) is 5. The molecule has 5 heteroatoms. The Kier molecular flexibility index (Phi) is 5.09. The smallest absolute Gasteiger partial charge is 0.194 e. The van der Waals surface area contributed by atoms with Gasteiger partial charge in [0.2, 0.25) is 0 Å². The molecule has 0 amide bonds. The number of nitrogens with two attached hydrogens (primary N) is 1. The van der Waals surface area contributed by atoms with Gasteiger partial charge in [0.15, 0.2) is 5.78 Å². The Morgan fingerprint density at radius 1 is 1.50 bits per heavy atom. The van der Waals surface area contributed by atoms with Gasteiger partial charge >= 0.3 is 0 Å². The van der Waals surface area contributed by atoms with Gasteiger partial charge in [-0.1, -0.05) is 0 Å². The van der Waals surface area contributed by atoms with Crippen LogP contribution in [0.2, 0.25) is 0 Å². The maximum absolute atomic E-state index is 12.4. The summed E-state index contributed by atoms with van der Waals surface area (Å²) in [5, 5.41) is 0. The van der Waals surface area contributed by atoms with Gasteiger partial charge in [0.05, 0.1) is 17.9 Å². The van der Waals surface area contributed by atoms with Crippen molar-refractivity contribution in [1.29, 1.82) is 0 Å². The molecule has 1 aliphatic rings. The number of nitrogens with zero attached hydrogens (tertiary/aromatic N) is 2. The number of ketones is 1. The minimum Gasteiger partial charge on any atom is -0.401 e. The minimum absolute atomic E-state index is 0.0369. The summed E-state index contributed by atoms with van der Waals surface area (Å²) in [7, 11) is 7.01. The van der Waals surface area contributed by atoms with E-state index in [0.29, 0.717) is 36.4 Å². The number of methoxy groups -OCH3 is 1. The summed E-state index contributed by atoms with van der Waals surface area (Å²) >= 11 is 0. The Hall–Kier alpha value is -1.62. The van der Waals surface area contributed by atoms with E-state index in [1.54, 1.807) is 14.2 Å². The van der Waals surface area contributed by atoms with Crippen molar-refractivity contribution in [3.05, 3.63) is 23.0 Å². The number of carbonyl (C=O) groups is 1. The van der Waals surface area contributed by atoms with Crippen LogP contribution in [0.15, 0.2) is 28.0 Å². The fourth-order valence-electron chi connectivity index (χ4n) is 1.95. The number of rotatable bonds is 4. The van der Waals surface area contributed by atoms with Crippen molar-refractivity contribution in [3.8, 4) is 0 Å². The maximum atomic E-state index is 12.4. The molecule has 0 unspecified atom stereocenters. The van der Waals surface area contributed by atoms with E-state index in [9.17, 15) is 4.79 Å². The van der Waals surface area contributed by atoms with Gasteiger partial charge in [0, 0.05) is 45.7 Å². The maximum Gasteiger partial charge on any atom is 0.194 e. The van der Waals surface area contributed by atoms with Crippen molar-refractivity contribution < 1.29 is 9.53 Å². The van der Waals surface area contributed by atoms with E-state index in [4.69, 9.17) is 10.5 Å². The zero-order valence-electron chi connectivity index (χ0n) is 11.5. The monoisotopic (exact) mass is 251 g/mol. The minimum atomic E-state index is -0.0369. The molecular formula is C13H21N3O2. The lowest BCUT2D eigenvalue weighted by Crippen LogP contribution is -2.27. The van der Waals surface area contributed by atoms with Crippen LogP contribution >= 0.6 is 0 Å². The second-order valence-electron chi connectivity index (χ2n) is 4.45. The quantitative estimate of drug-likeness (QED) is 0.590. The van der Waals surface area contributed by atoms with E-state index in [2.05, 4.69) is 4.99 Å². The Balaban J connectivity index is 3.12. The van der Waals surface area contributed by atoms with Crippen LogP contribution in [-0.2, 0) is 9.53 Å². The molecule has 0 aliphatic heterocycles. The summed E-state index contributed by atoms with van der Waals surface area (Å²) in [4.78, 5) is 18.4. The number of hydrogen-bond donors (Lipinski definition) is 1. The first-order chi connectivity index (χ1) is 8.51. The predicted octanol–water partition coefficient (Wildman–Crippen LogP) is 0.725. The van der Waals surface area contributed by atoms with Crippen LogP contribution in [0, 0.1) is 0 Å². The van der Waals surface area contributed by atoms with Crippen molar-refractivity contribution in [2.45, 2.75) is 12.8 Å². The number of ether oxygens (including phenoxy) is 1. The van der Waals surface area contributed by atoms with E-state index in [-0.39, 0.29) is 5.78 Å². The Labute approximate surface area is 108 Å². The predicted molar refractivity (Wildman–Crippen MR) is 72.5 cm³/mol. The van der Waals surface area contributed by atoms with Gasteiger partial charge in [-0.3, -0.25) is 9.79 Å². The highest BCUT2D eigenvalue weighted by Gasteiger charge is 2.27. The molecule has 0 fully saturated rings. The molecule has 0 aromatic heterocycles. The van der Waals surface area contributed by atoms with E-state index in [1.807, 2.05) is 25.2 Å². The number of aliphatic imine (C=N–C) groups is 1. The third-order valence-electron chi connectivity index (χ3n) is 2.76. The number of allylic oxidation sites excluding steroid dienone is 2. The van der Waals surface area contributed by atoms with Crippen molar-refractivity contribution in [1.82, 2.24) is 4.90 Å². The van der Waals surface area contributed by atoms with Crippen molar-refractivity contribution in [2.75, 3.05) is 34.9 Å². The van der Waals surface area contributed by atoms with Gasteiger partial charge < -0.3 is 15.4 Å². The fourth-order valence-corrected chi connectivity index (χ4v) is 1.95. The summed E-state index contributed by atoms with van der Waals surface area (Å²) in [6, 6.07) is 0. The van der Waals surface area contributed by atoms with E-state index in [1.165, 1.54) is 0 Å². The Morgan fingerprint density at radius 2 is 2.17 bits per heavy atom. The summed E-state index contributed by atoms with van der Waals surface area (Å²) in [5.74, 6) is -0.0369. The first kappa shape index (κ1) is 14.4. The first-order valence-corrected chi connectivity index (χ1v) is 5.86. The third kappa shape index (κ3) is 3.20. The molecule has 0 spiro atoms. The molecule has 100 valence electrons. The van der Waals surface area contributed by atoms with Gasteiger partial charge in [-0.2, -0.15) is 0 Å². The van der Waals surface area contributed by atoms with E-state index >= 15 is 0 Å². The second-order valence-corrected chi connectivity index (χ2v) is 4.45. The van der Waals surface area contributed by atoms with Crippen LogP contribution < -0.4 is 5.73 Å². The summed E-state index contributed by atoms with van der Waals surface area (Å²) in [6.45, 7) is 0.299. The van der Waals surface area contributed by atoms with Gasteiger partial charge in [0.25, 0.3) is 0 Å². The van der Waals surface area contributed by atoms with Gasteiger partial charge in [-0.05, 0) is 12.8 Å². The van der Waals surface area contributed by atoms with Crippen molar-refractivity contribution in [2.24, 2.45) is 10.7 Å². The lowest BCUT2D eigenvalue weighted by Gasteiger charge is -2.21. The molecule has 5 nitrogen and oxygen atoms in total. The van der Waals surface area contributed by atoms with Crippen molar-refractivity contribution in [3.63, 3.8) is 0 Å². The van der Waals surface area contributed by atoms with Crippen LogP contribution in [0.3, 0.4) is 0 Å². The lowest BCUT2D eigenvalue weighted by molar-refractivity contribution is -0.112. The summed E-state index contributed by atoms with van der Waals surface area (Å²) in [6.07, 6.45) is 3.20. The van der Waals surface area contributed by atoms with Crippen molar-refractivity contribution >= 4 is 11.5 Å². The number of carbonyl (C=O) groups excluding carboxylic acids is 1. The first-order valence-electron chi connectivity index (χ1n) is 5.86. The van der Waals surface area contributed by atoms with Crippen LogP contribution in [0.25, 0.3) is 0 Å². The zero-order chi connectivity index (χ0) is 13.7. The topological polar surface area (TPSA) is 67.9 Å². The third-order valence-corrected chi connectivity index (χ3v) is 2.76. The molecular weight excluding hydrogens is 230 g/mol. The molecule has 1 aliphatic carbocycles. The molecule has 2 N–H and O–H groups in total. The average molecular weight is 251 g/mol. The molecule has 0 radical (unpaired) electrons. The fraction of sp³-hybridized carbons (Fsp3) is 0.538. The van der Waals surface area contributed by atoms with Gasteiger partial charge in [0.1, 0.15) is 0 Å². The molecule has 1 rings (SSSR count). The molecule has 0 heterocycles. The zero-order valence-corrected chi connectivity index (χ0v) is 11.5. The largest absolute Gasteiger partial charge is 0.401 e.